The van der Waals surface area contributed by atoms with Crippen molar-refractivity contribution in [2.45, 2.75) is 16.0 Å². The molecule has 1 N–H and O–H groups in total. The summed E-state index contributed by atoms with van der Waals surface area (Å²) in [7, 11) is 0. The molecule has 0 aliphatic heterocycles. The number of carboxylic acids is 1. The maximum absolute atomic E-state index is 11.8. The number of aromatic nitrogens is 2. The summed E-state index contributed by atoms with van der Waals surface area (Å²) in [4.78, 5) is 20.2. The number of aliphatic carboxylic acids is 1. The topological polar surface area (TPSA) is 63.1 Å². The van der Waals surface area contributed by atoms with Crippen LogP contribution in [0.3, 0.4) is 0 Å². The first kappa shape index (κ1) is 15.3. The zero-order valence-electron chi connectivity index (χ0n) is 11.5. The van der Waals surface area contributed by atoms with E-state index in [0.29, 0.717) is 14.9 Å². The van der Waals surface area contributed by atoms with Crippen molar-refractivity contribution in [3.8, 4) is 0 Å². The van der Waals surface area contributed by atoms with Crippen LogP contribution < -0.4 is 0 Å². The van der Waals surface area contributed by atoms with Crippen LogP contribution in [0.25, 0.3) is 10.2 Å². The maximum Gasteiger partial charge on any atom is 0.324 e. The second-order valence-electron chi connectivity index (χ2n) is 4.77. The van der Waals surface area contributed by atoms with Gasteiger partial charge in [-0.15, -0.1) is 11.3 Å². The Morgan fingerprint density at radius 1 is 1.32 bits per heavy atom. The second kappa shape index (κ2) is 5.87. The Balaban J connectivity index is 2.01. The van der Waals surface area contributed by atoms with Crippen molar-refractivity contribution in [3.63, 3.8) is 0 Å². The van der Waals surface area contributed by atoms with Crippen LogP contribution in [0.15, 0.2) is 47.1 Å². The smallest absolute Gasteiger partial charge is 0.324 e. The molecule has 0 radical (unpaired) electrons. The van der Waals surface area contributed by atoms with Crippen molar-refractivity contribution in [2.75, 3.05) is 0 Å². The quantitative estimate of drug-likeness (QED) is 0.705. The number of benzene rings is 1. The van der Waals surface area contributed by atoms with Crippen molar-refractivity contribution >= 4 is 50.9 Å². The second-order valence-corrected chi connectivity index (χ2v) is 7.90. The highest BCUT2D eigenvalue weighted by Gasteiger charge is 2.37. The van der Waals surface area contributed by atoms with E-state index in [1.165, 1.54) is 23.1 Å². The molecule has 0 spiro atoms. The number of thiazole rings is 1. The molecule has 2 heterocycles. The molecule has 3 rings (SSSR count). The van der Waals surface area contributed by atoms with E-state index in [0.717, 1.165) is 10.2 Å². The van der Waals surface area contributed by atoms with Gasteiger partial charge in [0.25, 0.3) is 0 Å². The first-order valence-corrected chi connectivity index (χ1v) is 8.39. The summed E-state index contributed by atoms with van der Waals surface area (Å²) in [5, 5.41) is 10.3. The molecular weight excluding hydrogens is 340 g/mol. The number of fused-ring (bicyclic) bond motifs is 1. The fourth-order valence-corrected chi connectivity index (χ4v) is 4.61. The van der Waals surface area contributed by atoms with E-state index >= 15 is 0 Å². The van der Waals surface area contributed by atoms with Gasteiger partial charge in [-0.2, -0.15) is 0 Å². The lowest BCUT2D eigenvalue weighted by molar-refractivity contribution is -0.139. The first-order valence-electron chi connectivity index (χ1n) is 6.38. The maximum atomic E-state index is 11.8. The summed E-state index contributed by atoms with van der Waals surface area (Å²) in [6.45, 7) is 1.67. The van der Waals surface area contributed by atoms with E-state index in [1.54, 1.807) is 43.6 Å². The predicted octanol–water partition coefficient (Wildman–Crippen LogP) is 4.44. The van der Waals surface area contributed by atoms with Crippen LogP contribution in [-0.2, 0) is 9.54 Å². The SMILES string of the molecule is CC(Sc1nc2cc(Cl)ccc2s1)(C(=O)O)c1ccncc1. The summed E-state index contributed by atoms with van der Waals surface area (Å²) >= 11 is 8.64. The molecule has 1 atom stereocenters. The van der Waals surface area contributed by atoms with E-state index < -0.39 is 10.7 Å². The zero-order valence-corrected chi connectivity index (χ0v) is 13.9. The van der Waals surface area contributed by atoms with Gasteiger partial charge >= 0.3 is 5.97 Å². The molecule has 0 fully saturated rings. The summed E-state index contributed by atoms with van der Waals surface area (Å²) in [5.74, 6) is -0.916. The molecule has 1 aromatic carbocycles. The standard InChI is InChI=1S/C15H11ClN2O2S2/c1-15(13(19)20,9-4-6-17-7-5-9)22-14-18-11-8-10(16)2-3-12(11)21-14/h2-8H,1H3,(H,19,20). The van der Waals surface area contributed by atoms with Crippen molar-refractivity contribution in [3.05, 3.63) is 53.3 Å². The molecule has 0 bridgehead atoms. The molecular formula is C15H11ClN2O2S2. The first-order chi connectivity index (χ1) is 10.5. The van der Waals surface area contributed by atoms with Gasteiger partial charge in [0, 0.05) is 17.4 Å². The number of halogens is 1. The molecule has 2 aromatic heterocycles. The van der Waals surface area contributed by atoms with Crippen LogP contribution in [0, 0.1) is 0 Å². The Kier molecular flexibility index (Phi) is 4.08. The highest BCUT2D eigenvalue weighted by Crippen LogP contribution is 2.44. The molecule has 0 saturated carbocycles. The van der Waals surface area contributed by atoms with E-state index in [1.807, 2.05) is 6.07 Å². The van der Waals surface area contributed by atoms with Gasteiger partial charge in [0.05, 0.1) is 10.2 Å². The molecule has 112 valence electrons. The van der Waals surface area contributed by atoms with Crippen molar-refractivity contribution in [1.82, 2.24) is 9.97 Å². The average molecular weight is 351 g/mol. The normalized spacial score (nSPS) is 13.9. The highest BCUT2D eigenvalue weighted by molar-refractivity contribution is 8.02. The Bertz CT molecular complexity index is 838. The molecule has 7 heteroatoms. The lowest BCUT2D eigenvalue weighted by Gasteiger charge is -2.23. The summed E-state index contributed by atoms with van der Waals surface area (Å²) < 4.78 is 0.550. The van der Waals surface area contributed by atoms with Crippen LogP contribution >= 0.6 is 34.7 Å². The number of rotatable bonds is 4. The van der Waals surface area contributed by atoms with Crippen LogP contribution in [-0.4, -0.2) is 21.0 Å². The lowest BCUT2D eigenvalue weighted by atomic mass is 10.0. The molecule has 0 aliphatic carbocycles. The minimum atomic E-state index is -1.12. The molecule has 3 aromatic rings. The van der Waals surface area contributed by atoms with E-state index in [2.05, 4.69) is 9.97 Å². The molecule has 0 amide bonds. The summed E-state index contributed by atoms with van der Waals surface area (Å²) in [6.07, 6.45) is 3.18. The van der Waals surface area contributed by atoms with Gasteiger partial charge < -0.3 is 5.11 Å². The summed E-state index contributed by atoms with van der Waals surface area (Å²) in [6, 6.07) is 8.90. The zero-order chi connectivity index (χ0) is 15.7. The number of pyridine rings is 1. The van der Waals surface area contributed by atoms with Gasteiger partial charge in [-0.05, 0) is 42.8 Å². The van der Waals surface area contributed by atoms with E-state index in [-0.39, 0.29) is 0 Å². The van der Waals surface area contributed by atoms with Crippen LogP contribution in [0.1, 0.15) is 12.5 Å². The van der Waals surface area contributed by atoms with Gasteiger partial charge in [-0.3, -0.25) is 9.78 Å². The number of nitrogens with zero attached hydrogens (tertiary/aromatic N) is 2. The van der Waals surface area contributed by atoms with Gasteiger partial charge in [0.2, 0.25) is 0 Å². The van der Waals surface area contributed by atoms with E-state index in [9.17, 15) is 9.90 Å². The van der Waals surface area contributed by atoms with Crippen LogP contribution in [0.2, 0.25) is 5.02 Å². The molecule has 0 saturated heterocycles. The number of hydrogen-bond acceptors (Lipinski definition) is 5. The number of carbonyl (C=O) groups is 1. The minimum absolute atomic E-state index is 0.615. The Morgan fingerprint density at radius 3 is 2.73 bits per heavy atom. The van der Waals surface area contributed by atoms with Crippen molar-refractivity contribution in [2.24, 2.45) is 0 Å². The molecule has 0 aliphatic rings. The Labute approximate surface area is 140 Å². The van der Waals surface area contributed by atoms with Gasteiger partial charge in [0.15, 0.2) is 4.34 Å². The fraction of sp³-hybridized carbons (Fsp3) is 0.133. The molecule has 4 nitrogen and oxygen atoms in total. The Morgan fingerprint density at radius 2 is 2.05 bits per heavy atom. The van der Waals surface area contributed by atoms with Gasteiger partial charge in [0.1, 0.15) is 4.75 Å². The monoisotopic (exact) mass is 350 g/mol. The van der Waals surface area contributed by atoms with Crippen molar-refractivity contribution < 1.29 is 9.90 Å². The largest absolute Gasteiger partial charge is 0.480 e. The lowest BCUT2D eigenvalue weighted by Crippen LogP contribution is -2.28. The third-order valence-electron chi connectivity index (χ3n) is 3.26. The number of carboxylic acid groups (broad SMARTS) is 1. The third-order valence-corrected chi connectivity index (χ3v) is 5.91. The average Bonchev–Trinajstić information content (AvgIpc) is 2.89. The van der Waals surface area contributed by atoms with E-state index in [4.69, 9.17) is 11.6 Å². The van der Waals surface area contributed by atoms with Crippen LogP contribution in [0.4, 0.5) is 0 Å². The minimum Gasteiger partial charge on any atom is -0.480 e. The van der Waals surface area contributed by atoms with Crippen LogP contribution in [0.5, 0.6) is 0 Å². The summed E-state index contributed by atoms with van der Waals surface area (Å²) in [5.41, 5.74) is 1.46. The number of hydrogen-bond donors (Lipinski definition) is 1. The van der Waals surface area contributed by atoms with Gasteiger partial charge in [-0.1, -0.05) is 23.4 Å². The molecule has 22 heavy (non-hydrogen) atoms. The van der Waals surface area contributed by atoms with Crippen molar-refractivity contribution in [1.29, 1.82) is 0 Å². The third kappa shape index (κ3) is 2.82. The number of thioether (sulfide) groups is 1. The predicted molar refractivity (Wildman–Crippen MR) is 89.7 cm³/mol. The molecule has 1 unspecified atom stereocenters. The highest BCUT2D eigenvalue weighted by atomic mass is 35.5. The van der Waals surface area contributed by atoms with Gasteiger partial charge in [-0.25, -0.2) is 4.98 Å². The Hall–Kier alpha value is -1.63. The fourth-order valence-electron chi connectivity index (χ4n) is 1.99.